The molecule has 6 rings (SSSR count). The molecule has 2 heterocycles. The minimum atomic E-state index is -0.485. The molecule has 1 aliphatic heterocycles. The van der Waals surface area contributed by atoms with Crippen LogP contribution >= 0.6 is 23.1 Å². The van der Waals surface area contributed by atoms with Gasteiger partial charge in [-0.3, -0.25) is 19.5 Å². The molecule has 9 heteroatoms. The molecule has 0 spiro atoms. The Balaban J connectivity index is 1.57. The van der Waals surface area contributed by atoms with Crippen molar-refractivity contribution in [3.05, 3.63) is 124 Å². The Morgan fingerprint density at radius 2 is 1.92 bits per heavy atom. The van der Waals surface area contributed by atoms with Gasteiger partial charge in [0.05, 0.1) is 28.3 Å². The molecule has 7 nitrogen and oxygen atoms in total. The first-order valence-corrected chi connectivity index (χ1v) is 14.1. The van der Waals surface area contributed by atoms with Crippen molar-refractivity contribution in [1.29, 1.82) is 0 Å². The van der Waals surface area contributed by atoms with E-state index in [4.69, 9.17) is 9.73 Å². The summed E-state index contributed by atoms with van der Waals surface area (Å²) in [5.74, 6) is 0.175. The van der Waals surface area contributed by atoms with Crippen LogP contribution in [0.4, 0.5) is 5.69 Å². The highest BCUT2D eigenvalue weighted by molar-refractivity contribution is 7.98. The van der Waals surface area contributed by atoms with Crippen LogP contribution in [0.15, 0.2) is 87.0 Å². The van der Waals surface area contributed by atoms with Crippen LogP contribution in [0.2, 0.25) is 0 Å². The van der Waals surface area contributed by atoms with Gasteiger partial charge in [0.1, 0.15) is 0 Å². The maximum absolute atomic E-state index is 13.9. The summed E-state index contributed by atoms with van der Waals surface area (Å²) in [5.41, 5.74) is 5.75. The summed E-state index contributed by atoms with van der Waals surface area (Å²) in [5, 5.41) is 11.5. The molecule has 0 fully saturated rings. The molecule has 3 aromatic carbocycles. The average molecular weight is 542 g/mol. The van der Waals surface area contributed by atoms with Gasteiger partial charge in [0.2, 0.25) is 0 Å². The smallest absolute Gasteiger partial charge is 0.311 e. The van der Waals surface area contributed by atoms with Crippen LogP contribution in [-0.4, -0.2) is 22.9 Å². The van der Waals surface area contributed by atoms with Crippen molar-refractivity contribution < 1.29 is 9.66 Å². The molecule has 0 amide bonds. The molecule has 4 aromatic rings. The van der Waals surface area contributed by atoms with Crippen molar-refractivity contribution in [3.63, 3.8) is 0 Å². The summed E-state index contributed by atoms with van der Waals surface area (Å²) in [7, 11) is 1.39. The number of allylic oxidation sites excluding steroid dienone is 1. The number of benzene rings is 3. The number of fused-ring (bicyclic) bond motifs is 3. The average Bonchev–Trinajstić information content (AvgIpc) is 3.26. The topological polar surface area (TPSA) is 86.7 Å². The Kier molecular flexibility index (Phi) is 6.25. The molecule has 1 aromatic heterocycles. The van der Waals surface area contributed by atoms with Crippen molar-refractivity contribution in [1.82, 2.24) is 4.57 Å². The lowest BCUT2D eigenvalue weighted by Gasteiger charge is -2.30. The van der Waals surface area contributed by atoms with E-state index in [9.17, 15) is 14.9 Å². The first-order valence-electron chi connectivity index (χ1n) is 12.1. The Labute approximate surface area is 226 Å². The number of ether oxygens (including phenoxy) is 1. The molecule has 1 unspecified atom stereocenters. The fourth-order valence-electron chi connectivity index (χ4n) is 5.20. The number of nitrogens with zero attached hydrogens (tertiary/aromatic N) is 3. The van der Waals surface area contributed by atoms with Crippen LogP contribution in [-0.2, 0) is 6.42 Å². The van der Waals surface area contributed by atoms with Gasteiger partial charge in [0.15, 0.2) is 10.6 Å². The number of hydrogen-bond acceptors (Lipinski definition) is 7. The quantitative estimate of drug-likeness (QED) is 0.203. The SMILES string of the molecule is COc1ccc(C=c2sc3n(c2=O)C(c2ccc(SC)cc2)C2=C(N=3)c3ccccc3CC2)cc1[N+](=O)[O-]. The fraction of sp³-hybridized carbons (Fsp3) is 0.172. The minimum Gasteiger partial charge on any atom is -0.490 e. The van der Waals surface area contributed by atoms with Crippen LogP contribution in [0.25, 0.3) is 11.8 Å². The van der Waals surface area contributed by atoms with E-state index in [1.807, 2.05) is 18.4 Å². The van der Waals surface area contributed by atoms with Gasteiger partial charge in [-0.2, -0.15) is 0 Å². The second-order valence-electron chi connectivity index (χ2n) is 9.08. The standard InChI is InChI=1S/C29H23N3O4S2/c1-36-24-14-7-17(15-23(24)32(34)35)16-25-28(33)31-27(19-8-11-20(37-2)12-9-19)22-13-10-18-5-3-4-6-21(18)26(22)30-29(31)38-25/h3-9,11-12,14-16,27H,10,13H2,1-2H3. The van der Waals surface area contributed by atoms with Gasteiger partial charge >= 0.3 is 5.69 Å². The van der Waals surface area contributed by atoms with E-state index in [-0.39, 0.29) is 23.0 Å². The lowest BCUT2D eigenvalue weighted by molar-refractivity contribution is -0.385. The number of thioether (sulfide) groups is 1. The molecule has 0 bridgehead atoms. The minimum absolute atomic E-state index is 0.146. The molecule has 1 atom stereocenters. The predicted molar refractivity (Wildman–Crippen MR) is 151 cm³/mol. The molecular formula is C29H23N3O4S2. The molecular weight excluding hydrogens is 518 g/mol. The van der Waals surface area contributed by atoms with Gasteiger partial charge in [-0.05, 0) is 65.6 Å². The summed E-state index contributed by atoms with van der Waals surface area (Å²) >= 11 is 2.98. The van der Waals surface area contributed by atoms with Crippen LogP contribution in [0.3, 0.4) is 0 Å². The zero-order chi connectivity index (χ0) is 26.4. The highest BCUT2D eigenvalue weighted by Gasteiger charge is 2.32. The number of thiazole rings is 1. The summed E-state index contributed by atoms with van der Waals surface area (Å²) in [6, 6.07) is 21.1. The Bertz CT molecular complexity index is 1800. The van der Waals surface area contributed by atoms with Crippen molar-refractivity contribution >= 4 is 40.6 Å². The number of hydrogen-bond donors (Lipinski definition) is 0. The van der Waals surface area contributed by atoms with Gasteiger partial charge in [0, 0.05) is 16.5 Å². The summed E-state index contributed by atoms with van der Waals surface area (Å²) < 4.78 is 7.38. The number of rotatable bonds is 5. The normalized spacial score (nSPS) is 16.4. The zero-order valence-electron chi connectivity index (χ0n) is 20.7. The van der Waals surface area contributed by atoms with Gasteiger partial charge in [-0.25, -0.2) is 4.99 Å². The number of nitro groups is 1. The monoisotopic (exact) mass is 541 g/mol. The number of nitro benzene ring substituents is 1. The van der Waals surface area contributed by atoms with Gasteiger partial charge in [0.25, 0.3) is 5.56 Å². The second kappa shape index (κ2) is 9.74. The van der Waals surface area contributed by atoms with Gasteiger partial charge in [-0.1, -0.05) is 53.8 Å². The molecule has 0 saturated heterocycles. The molecule has 38 heavy (non-hydrogen) atoms. The predicted octanol–water partition coefficient (Wildman–Crippen LogP) is 4.96. The van der Waals surface area contributed by atoms with E-state index in [1.165, 1.54) is 30.1 Å². The largest absolute Gasteiger partial charge is 0.490 e. The van der Waals surface area contributed by atoms with E-state index >= 15 is 0 Å². The van der Waals surface area contributed by atoms with Crippen LogP contribution < -0.4 is 19.6 Å². The Hall–Kier alpha value is -3.95. The van der Waals surface area contributed by atoms with Crippen LogP contribution in [0, 0.1) is 10.1 Å². The first kappa shape index (κ1) is 24.4. The third-order valence-corrected chi connectivity index (χ3v) is 8.73. The third kappa shape index (κ3) is 4.08. The molecule has 0 radical (unpaired) electrons. The third-order valence-electron chi connectivity index (χ3n) is 7.00. The van der Waals surface area contributed by atoms with Crippen molar-refractivity contribution in [3.8, 4) is 5.75 Å². The van der Waals surface area contributed by atoms with Gasteiger partial charge in [-0.15, -0.1) is 11.8 Å². The maximum atomic E-state index is 13.9. The van der Waals surface area contributed by atoms with Gasteiger partial charge < -0.3 is 4.74 Å². The number of methoxy groups -OCH3 is 1. The highest BCUT2D eigenvalue weighted by Crippen LogP contribution is 2.41. The Morgan fingerprint density at radius 3 is 2.66 bits per heavy atom. The molecule has 2 aliphatic rings. The highest BCUT2D eigenvalue weighted by atomic mass is 32.2. The van der Waals surface area contributed by atoms with Crippen molar-refractivity contribution in [2.75, 3.05) is 13.4 Å². The number of aryl methyl sites for hydroxylation is 1. The summed E-state index contributed by atoms with van der Waals surface area (Å²) in [6.45, 7) is 0. The van der Waals surface area contributed by atoms with E-state index in [0.29, 0.717) is 14.9 Å². The van der Waals surface area contributed by atoms with E-state index in [1.54, 1.807) is 34.5 Å². The fourth-order valence-corrected chi connectivity index (χ4v) is 6.61. The van der Waals surface area contributed by atoms with E-state index < -0.39 is 4.92 Å². The lowest BCUT2D eigenvalue weighted by atomic mass is 9.83. The molecule has 190 valence electrons. The van der Waals surface area contributed by atoms with E-state index in [0.717, 1.165) is 40.1 Å². The Morgan fingerprint density at radius 1 is 1.13 bits per heavy atom. The van der Waals surface area contributed by atoms with Crippen LogP contribution in [0.5, 0.6) is 5.75 Å². The molecule has 1 aliphatic carbocycles. The second-order valence-corrected chi connectivity index (χ2v) is 11.0. The van der Waals surface area contributed by atoms with Crippen molar-refractivity contribution in [2.24, 2.45) is 4.99 Å². The summed E-state index contributed by atoms with van der Waals surface area (Å²) in [4.78, 5) is 31.7. The summed E-state index contributed by atoms with van der Waals surface area (Å²) in [6.07, 6.45) is 5.45. The lowest BCUT2D eigenvalue weighted by Crippen LogP contribution is -2.38. The first-order chi connectivity index (χ1) is 18.5. The van der Waals surface area contributed by atoms with Crippen LogP contribution in [0.1, 0.15) is 34.7 Å². The molecule has 0 N–H and O–H groups in total. The van der Waals surface area contributed by atoms with Crippen molar-refractivity contribution in [2.45, 2.75) is 23.8 Å². The van der Waals surface area contributed by atoms with E-state index in [2.05, 4.69) is 36.4 Å². The molecule has 0 saturated carbocycles. The number of aromatic nitrogens is 1. The zero-order valence-corrected chi connectivity index (χ0v) is 22.3. The maximum Gasteiger partial charge on any atom is 0.311 e.